The molecule has 0 saturated heterocycles. The molecular weight excluding hydrogens is 148 g/mol. The van der Waals surface area contributed by atoms with Gasteiger partial charge in [0.05, 0.1) is 5.60 Å². The number of hydrogen-bond donors (Lipinski definition) is 1. The van der Waals surface area contributed by atoms with Gasteiger partial charge in [-0.05, 0) is 25.3 Å². The Hall–Kier alpha value is -0.560. The summed E-state index contributed by atoms with van der Waals surface area (Å²) in [5.74, 6) is 0.435. The lowest BCUT2D eigenvalue weighted by Crippen LogP contribution is -2.31. The van der Waals surface area contributed by atoms with Crippen molar-refractivity contribution < 1.29 is 5.11 Å². The van der Waals surface area contributed by atoms with Crippen LogP contribution in [0, 0.1) is 5.92 Å². The van der Waals surface area contributed by atoms with E-state index < -0.39 is 5.60 Å². The van der Waals surface area contributed by atoms with Crippen LogP contribution in [0.2, 0.25) is 0 Å². The molecule has 1 atom stereocenters. The van der Waals surface area contributed by atoms with Crippen LogP contribution in [0.15, 0.2) is 23.3 Å². The molecule has 1 rings (SSSR count). The van der Waals surface area contributed by atoms with Crippen molar-refractivity contribution in [3.63, 3.8) is 0 Å². The van der Waals surface area contributed by atoms with Crippen LogP contribution < -0.4 is 0 Å². The third-order valence-electron chi connectivity index (χ3n) is 2.41. The van der Waals surface area contributed by atoms with Gasteiger partial charge in [-0.25, -0.2) is 0 Å². The van der Waals surface area contributed by atoms with Crippen LogP contribution in [0.1, 0.15) is 34.1 Å². The Kier molecular flexibility index (Phi) is 2.43. The number of allylic oxidation sites excluding steroid dienone is 2. The average Bonchev–Trinajstić information content (AvgIpc) is 1.82. The molecule has 1 unspecified atom stereocenters. The van der Waals surface area contributed by atoms with Gasteiger partial charge in [-0.15, -0.1) is 0 Å². The summed E-state index contributed by atoms with van der Waals surface area (Å²) < 4.78 is 0. The zero-order chi connectivity index (χ0) is 9.35. The Bertz CT molecular complexity index is 231. The third kappa shape index (κ3) is 1.78. The van der Waals surface area contributed by atoms with E-state index in [-0.39, 0.29) is 0 Å². The van der Waals surface area contributed by atoms with Gasteiger partial charge in [0.1, 0.15) is 0 Å². The van der Waals surface area contributed by atoms with Gasteiger partial charge in [0.15, 0.2) is 0 Å². The molecule has 1 aliphatic rings. The predicted octanol–water partition coefficient (Wildman–Crippen LogP) is 2.67. The molecular formula is C11H18O. The fourth-order valence-corrected chi connectivity index (χ4v) is 1.93. The first-order chi connectivity index (χ1) is 5.43. The SMILES string of the molecule is CC1=CC=C(C(C)C)C(C)(O)C1. The van der Waals surface area contributed by atoms with Crippen LogP contribution in [-0.4, -0.2) is 10.7 Å². The summed E-state index contributed by atoms with van der Waals surface area (Å²) in [6.45, 7) is 8.20. The molecule has 0 saturated carbocycles. The zero-order valence-electron chi connectivity index (χ0n) is 8.39. The summed E-state index contributed by atoms with van der Waals surface area (Å²) in [7, 11) is 0. The van der Waals surface area contributed by atoms with E-state index in [0.29, 0.717) is 5.92 Å². The molecule has 1 aliphatic carbocycles. The quantitative estimate of drug-likeness (QED) is 0.635. The van der Waals surface area contributed by atoms with Crippen molar-refractivity contribution in [3.05, 3.63) is 23.3 Å². The van der Waals surface area contributed by atoms with E-state index in [0.717, 1.165) is 12.0 Å². The maximum absolute atomic E-state index is 10.1. The van der Waals surface area contributed by atoms with E-state index in [9.17, 15) is 5.11 Å². The largest absolute Gasteiger partial charge is 0.385 e. The molecule has 0 heterocycles. The van der Waals surface area contributed by atoms with Gasteiger partial charge >= 0.3 is 0 Å². The van der Waals surface area contributed by atoms with Gasteiger partial charge in [0.25, 0.3) is 0 Å². The van der Waals surface area contributed by atoms with E-state index in [1.807, 2.05) is 6.92 Å². The van der Waals surface area contributed by atoms with Gasteiger partial charge in [0, 0.05) is 6.42 Å². The normalized spacial score (nSPS) is 30.2. The van der Waals surface area contributed by atoms with Crippen molar-refractivity contribution in [1.82, 2.24) is 0 Å². The maximum Gasteiger partial charge on any atom is 0.0871 e. The van der Waals surface area contributed by atoms with Crippen molar-refractivity contribution in [2.75, 3.05) is 0 Å². The van der Waals surface area contributed by atoms with Crippen molar-refractivity contribution in [3.8, 4) is 0 Å². The van der Waals surface area contributed by atoms with E-state index in [2.05, 4.69) is 32.9 Å². The number of aliphatic hydroxyl groups is 1. The van der Waals surface area contributed by atoms with Gasteiger partial charge in [-0.1, -0.05) is 31.6 Å². The maximum atomic E-state index is 10.1. The summed E-state index contributed by atoms with van der Waals surface area (Å²) in [6.07, 6.45) is 4.94. The van der Waals surface area contributed by atoms with Crippen LogP contribution in [0.4, 0.5) is 0 Å². The summed E-state index contributed by atoms with van der Waals surface area (Å²) in [4.78, 5) is 0. The molecule has 0 aromatic carbocycles. The lowest BCUT2D eigenvalue weighted by atomic mass is 9.79. The molecule has 0 fully saturated rings. The Morgan fingerprint density at radius 1 is 1.42 bits per heavy atom. The summed E-state index contributed by atoms with van der Waals surface area (Å²) in [5, 5.41) is 10.1. The van der Waals surface area contributed by atoms with Crippen molar-refractivity contribution in [2.24, 2.45) is 5.92 Å². The standard InChI is InChI=1S/C11H18O/c1-8(2)10-6-5-9(3)7-11(10,4)12/h5-6,8,12H,7H2,1-4H3. The fraction of sp³-hybridized carbons (Fsp3) is 0.636. The Morgan fingerprint density at radius 3 is 2.42 bits per heavy atom. The Morgan fingerprint density at radius 2 is 2.00 bits per heavy atom. The van der Waals surface area contributed by atoms with Gasteiger partial charge in [0.2, 0.25) is 0 Å². The van der Waals surface area contributed by atoms with Crippen LogP contribution in [0.5, 0.6) is 0 Å². The summed E-state index contributed by atoms with van der Waals surface area (Å²) in [6, 6.07) is 0. The zero-order valence-corrected chi connectivity index (χ0v) is 8.39. The lowest BCUT2D eigenvalue weighted by Gasteiger charge is -2.32. The minimum atomic E-state index is -0.618. The Balaban J connectivity index is 2.96. The first-order valence-corrected chi connectivity index (χ1v) is 4.53. The number of hydrogen-bond acceptors (Lipinski definition) is 1. The molecule has 0 aromatic heterocycles. The van der Waals surface area contributed by atoms with Gasteiger partial charge < -0.3 is 5.11 Å². The highest BCUT2D eigenvalue weighted by Gasteiger charge is 2.29. The van der Waals surface area contributed by atoms with Crippen molar-refractivity contribution in [2.45, 2.75) is 39.7 Å². The number of rotatable bonds is 1. The van der Waals surface area contributed by atoms with Crippen LogP contribution in [0.3, 0.4) is 0 Å². The van der Waals surface area contributed by atoms with Gasteiger partial charge in [-0.2, -0.15) is 0 Å². The highest BCUT2D eigenvalue weighted by atomic mass is 16.3. The second-order valence-corrected chi connectivity index (χ2v) is 4.24. The van der Waals surface area contributed by atoms with E-state index in [1.165, 1.54) is 5.57 Å². The van der Waals surface area contributed by atoms with Gasteiger partial charge in [-0.3, -0.25) is 0 Å². The molecule has 1 heteroatoms. The minimum absolute atomic E-state index is 0.435. The highest BCUT2D eigenvalue weighted by molar-refractivity contribution is 5.32. The molecule has 0 bridgehead atoms. The molecule has 12 heavy (non-hydrogen) atoms. The van der Waals surface area contributed by atoms with Crippen molar-refractivity contribution in [1.29, 1.82) is 0 Å². The molecule has 68 valence electrons. The molecule has 0 radical (unpaired) electrons. The van der Waals surface area contributed by atoms with Crippen LogP contribution in [0.25, 0.3) is 0 Å². The molecule has 0 spiro atoms. The second-order valence-electron chi connectivity index (χ2n) is 4.24. The molecule has 0 amide bonds. The second kappa shape index (κ2) is 3.06. The average molecular weight is 166 g/mol. The van der Waals surface area contributed by atoms with Crippen LogP contribution in [-0.2, 0) is 0 Å². The smallest absolute Gasteiger partial charge is 0.0871 e. The first kappa shape index (κ1) is 9.53. The highest BCUT2D eigenvalue weighted by Crippen LogP contribution is 2.33. The minimum Gasteiger partial charge on any atom is -0.385 e. The lowest BCUT2D eigenvalue weighted by molar-refractivity contribution is 0.0880. The van der Waals surface area contributed by atoms with E-state index >= 15 is 0 Å². The molecule has 1 N–H and O–H groups in total. The third-order valence-corrected chi connectivity index (χ3v) is 2.41. The summed E-state index contributed by atoms with van der Waals surface area (Å²) in [5.41, 5.74) is 1.78. The fourth-order valence-electron chi connectivity index (χ4n) is 1.93. The Labute approximate surface area is 74.8 Å². The molecule has 1 nitrogen and oxygen atoms in total. The predicted molar refractivity (Wildman–Crippen MR) is 51.9 cm³/mol. The monoisotopic (exact) mass is 166 g/mol. The molecule has 0 aromatic rings. The van der Waals surface area contributed by atoms with Crippen molar-refractivity contribution >= 4 is 0 Å². The van der Waals surface area contributed by atoms with Crippen LogP contribution >= 0.6 is 0 Å². The topological polar surface area (TPSA) is 20.2 Å². The first-order valence-electron chi connectivity index (χ1n) is 4.53. The summed E-state index contributed by atoms with van der Waals surface area (Å²) >= 11 is 0. The molecule has 0 aliphatic heterocycles. The van der Waals surface area contributed by atoms with E-state index in [4.69, 9.17) is 0 Å². The van der Waals surface area contributed by atoms with E-state index in [1.54, 1.807) is 0 Å².